The highest BCUT2D eigenvalue weighted by atomic mass is 16.5. The number of carbonyl (C=O) groups is 1. The number of carbonyl (C=O) groups excluding carboxylic acids is 1. The number of amides is 1. The zero-order chi connectivity index (χ0) is 14.4. The first-order chi connectivity index (χ1) is 8.99. The Morgan fingerprint density at radius 1 is 1.37 bits per heavy atom. The molecular formula is C15H23NO3. The van der Waals surface area contributed by atoms with E-state index in [4.69, 9.17) is 4.74 Å². The van der Waals surface area contributed by atoms with Crippen LogP contribution in [0.2, 0.25) is 0 Å². The summed E-state index contributed by atoms with van der Waals surface area (Å²) in [6.07, 6.45) is -0.612. The molecular weight excluding hydrogens is 242 g/mol. The maximum absolute atomic E-state index is 11.9. The number of aryl methyl sites for hydroxylation is 1. The molecule has 0 unspecified atom stereocenters. The molecule has 0 bridgehead atoms. The second-order valence-electron chi connectivity index (χ2n) is 4.57. The topological polar surface area (TPSA) is 49.8 Å². The minimum Gasteiger partial charge on any atom is -0.483 e. The third-order valence-electron chi connectivity index (χ3n) is 3.09. The van der Waals surface area contributed by atoms with Crippen molar-refractivity contribution in [1.29, 1.82) is 0 Å². The number of benzene rings is 1. The van der Waals surface area contributed by atoms with Crippen molar-refractivity contribution in [1.82, 2.24) is 4.90 Å². The second-order valence-corrected chi connectivity index (χ2v) is 4.57. The average molecular weight is 265 g/mol. The van der Waals surface area contributed by atoms with Crippen LogP contribution in [0.4, 0.5) is 0 Å². The molecule has 0 fully saturated rings. The molecule has 0 saturated heterocycles. The molecule has 4 nitrogen and oxygen atoms in total. The highest BCUT2D eigenvalue weighted by molar-refractivity contribution is 5.77. The molecule has 1 aromatic carbocycles. The first-order valence-electron chi connectivity index (χ1n) is 6.68. The Bertz CT molecular complexity index is 425. The zero-order valence-corrected chi connectivity index (χ0v) is 12.1. The van der Waals surface area contributed by atoms with Crippen molar-refractivity contribution < 1.29 is 14.6 Å². The Morgan fingerprint density at radius 3 is 2.53 bits per heavy atom. The van der Waals surface area contributed by atoms with E-state index >= 15 is 0 Å². The van der Waals surface area contributed by atoms with Crippen LogP contribution >= 0.6 is 0 Å². The van der Waals surface area contributed by atoms with E-state index in [0.29, 0.717) is 24.4 Å². The van der Waals surface area contributed by atoms with Crippen molar-refractivity contribution in [3.05, 3.63) is 29.3 Å². The van der Waals surface area contributed by atoms with Gasteiger partial charge in [0.15, 0.2) is 6.61 Å². The van der Waals surface area contributed by atoms with E-state index in [9.17, 15) is 9.90 Å². The lowest BCUT2D eigenvalue weighted by Gasteiger charge is -2.20. The molecule has 0 aliphatic carbocycles. The van der Waals surface area contributed by atoms with Gasteiger partial charge in [0.2, 0.25) is 0 Å². The Kier molecular flexibility index (Phi) is 5.83. The van der Waals surface area contributed by atoms with Crippen molar-refractivity contribution in [2.75, 3.05) is 19.7 Å². The Morgan fingerprint density at radius 2 is 2.00 bits per heavy atom. The number of likely N-dealkylation sites (N-methyl/N-ethyl adjacent to an activating group) is 1. The molecule has 4 heteroatoms. The zero-order valence-electron chi connectivity index (χ0n) is 12.1. The lowest BCUT2D eigenvalue weighted by molar-refractivity contribution is -0.133. The molecule has 0 spiro atoms. The summed E-state index contributed by atoms with van der Waals surface area (Å²) in [5, 5.41) is 9.69. The molecule has 0 radical (unpaired) electrons. The van der Waals surface area contributed by atoms with Crippen LogP contribution in [0.5, 0.6) is 5.75 Å². The van der Waals surface area contributed by atoms with Gasteiger partial charge in [-0.2, -0.15) is 0 Å². The van der Waals surface area contributed by atoms with Gasteiger partial charge in [-0.25, -0.2) is 0 Å². The minimum absolute atomic E-state index is 0.00481. The highest BCUT2D eigenvalue weighted by Crippen LogP contribution is 2.26. The van der Waals surface area contributed by atoms with E-state index in [2.05, 4.69) is 0 Å². The Labute approximate surface area is 115 Å². The maximum Gasteiger partial charge on any atom is 0.260 e. The van der Waals surface area contributed by atoms with Gasteiger partial charge >= 0.3 is 0 Å². The molecule has 1 amide bonds. The largest absolute Gasteiger partial charge is 0.483 e. The van der Waals surface area contributed by atoms with Crippen LogP contribution in [0.25, 0.3) is 0 Å². The number of rotatable bonds is 6. The van der Waals surface area contributed by atoms with Crippen LogP contribution in [-0.2, 0) is 4.79 Å². The fourth-order valence-electron chi connectivity index (χ4n) is 1.92. The van der Waals surface area contributed by atoms with E-state index in [1.54, 1.807) is 11.8 Å². The van der Waals surface area contributed by atoms with Crippen molar-refractivity contribution in [2.24, 2.45) is 0 Å². The van der Waals surface area contributed by atoms with E-state index in [-0.39, 0.29) is 12.5 Å². The van der Waals surface area contributed by atoms with Crippen molar-refractivity contribution in [2.45, 2.75) is 33.8 Å². The van der Waals surface area contributed by atoms with Crippen molar-refractivity contribution in [3.63, 3.8) is 0 Å². The van der Waals surface area contributed by atoms with Gasteiger partial charge < -0.3 is 14.7 Å². The quantitative estimate of drug-likeness (QED) is 0.858. The molecule has 1 N–H and O–H groups in total. The predicted octanol–water partition coefficient (Wildman–Crippen LogP) is 2.30. The number of aliphatic hydroxyl groups is 1. The van der Waals surface area contributed by atoms with Crippen LogP contribution in [0.15, 0.2) is 18.2 Å². The molecule has 1 aromatic rings. The van der Waals surface area contributed by atoms with Crippen molar-refractivity contribution in [3.8, 4) is 5.75 Å². The molecule has 0 aliphatic rings. The van der Waals surface area contributed by atoms with Gasteiger partial charge in [-0.05, 0) is 39.3 Å². The van der Waals surface area contributed by atoms with Crippen LogP contribution in [0, 0.1) is 6.92 Å². The Hall–Kier alpha value is -1.55. The van der Waals surface area contributed by atoms with Gasteiger partial charge in [0, 0.05) is 18.7 Å². The monoisotopic (exact) mass is 265 g/mol. The first kappa shape index (κ1) is 15.5. The number of ether oxygens (including phenoxy) is 1. The van der Waals surface area contributed by atoms with E-state index in [0.717, 1.165) is 5.56 Å². The van der Waals surface area contributed by atoms with Crippen LogP contribution in [0.3, 0.4) is 0 Å². The summed E-state index contributed by atoms with van der Waals surface area (Å²) in [6, 6.07) is 5.59. The molecule has 19 heavy (non-hydrogen) atoms. The third kappa shape index (κ3) is 4.24. The fraction of sp³-hybridized carbons (Fsp3) is 0.533. The summed E-state index contributed by atoms with van der Waals surface area (Å²) in [4.78, 5) is 13.6. The molecule has 0 heterocycles. The summed E-state index contributed by atoms with van der Waals surface area (Å²) in [6.45, 7) is 8.87. The van der Waals surface area contributed by atoms with Crippen LogP contribution in [-0.4, -0.2) is 35.6 Å². The highest BCUT2D eigenvalue weighted by Gasteiger charge is 2.13. The fourth-order valence-corrected chi connectivity index (χ4v) is 1.92. The lowest BCUT2D eigenvalue weighted by Crippen LogP contribution is -2.34. The Balaban J connectivity index is 2.77. The normalized spacial score (nSPS) is 12.1. The summed E-state index contributed by atoms with van der Waals surface area (Å²) >= 11 is 0. The van der Waals surface area contributed by atoms with Gasteiger partial charge in [0.05, 0.1) is 6.10 Å². The SMILES string of the molecule is CCN(CC)C(=O)COc1cc(C)ccc1[C@H](C)O. The predicted molar refractivity (Wildman–Crippen MR) is 75.2 cm³/mol. The molecule has 1 atom stereocenters. The molecule has 0 aliphatic heterocycles. The number of hydrogen-bond acceptors (Lipinski definition) is 3. The lowest BCUT2D eigenvalue weighted by atomic mass is 10.1. The standard InChI is InChI=1S/C15H23NO3/c1-5-16(6-2)15(18)10-19-14-9-11(3)7-8-13(14)12(4)17/h7-9,12,17H,5-6,10H2,1-4H3/t12-/m0/s1. The van der Waals surface area contributed by atoms with Gasteiger partial charge in [-0.3, -0.25) is 4.79 Å². The van der Waals surface area contributed by atoms with E-state index in [1.807, 2.05) is 39.0 Å². The molecule has 1 rings (SSSR count). The maximum atomic E-state index is 11.9. The summed E-state index contributed by atoms with van der Waals surface area (Å²) in [5.74, 6) is 0.540. The van der Waals surface area contributed by atoms with E-state index in [1.165, 1.54) is 0 Å². The van der Waals surface area contributed by atoms with Crippen molar-refractivity contribution >= 4 is 5.91 Å². The van der Waals surface area contributed by atoms with Crippen LogP contribution < -0.4 is 4.74 Å². The molecule has 106 valence electrons. The second kappa shape index (κ2) is 7.14. The van der Waals surface area contributed by atoms with Crippen LogP contribution in [0.1, 0.15) is 38.0 Å². The first-order valence-corrected chi connectivity index (χ1v) is 6.68. The number of nitrogens with zero attached hydrogens (tertiary/aromatic N) is 1. The molecule has 0 aromatic heterocycles. The van der Waals surface area contributed by atoms with Gasteiger partial charge in [-0.1, -0.05) is 12.1 Å². The summed E-state index contributed by atoms with van der Waals surface area (Å²) in [5.41, 5.74) is 1.74. The minimum atomic E-state index is -0.612. The van der Waals surface area contributed by atoms with E-state index < -0.39 is 6.10 Å². The number of aliphatic hydroxyl groups excluding tert-OH is 1. The number of hydrogen-bond donors (Lipinski definition) is 1. The van der Waals surface area contributed by atoms with Gasteiger partial charge in [0.25, 0.3) is 5.91 Å². The van der Waals surface area contributed by atoms with Gasteiger partial charge in [-0.15, -0.1) is 0 Å². The summed E-state index contributed by atoms with van der Waals surface area (Å²) in [7, 11) is 0. The smallest absolute Gasteiger partial charge is 0.260 e. The molecule has 0 saturated carbocycles. The summed E-state index contributed by atoms with van der Waals surface area (Å²) < 4.78 is 5.57. The van der Waals surface area contributed by atoms with Gasteiger partial charge in [0.1, 0.15) is 5.75 Å². The average Bonchev–Trinajstić information content (AvgIpc) is 2.37. The third-order valence-corrected chi connectivity index (χ3v) is 3.09.